The van der Waals surface area contributed by atoms with Crippen molar-refractivity contribution in [3.63, 3.8) is 0 Å². The molecule has 0 atom stereocenters. The molecule has 1 heterocycles. The van der Waals surface area contributed by atoms with Gasteiger partial charge < -0.3 is 15.4 Å². The lowest BCUT2D eigenvalue weighted by atomic mass is 10.2. The highest BCUT2D eigenvalue weighted by Crippen LogP contribution is 2.31. The quantitative estimate of drug-likeness (QED) is 0.490. The summed E-state index contributed by atoms with van der Waals surface area (Å²) in [4.78, 5) is 24.6. The Morgan fingerprint density at radius 2 is 1.76 bits per heavy atom. The van der Waals surface area contributed by atoms with Crippen molar-refractivity contribution in [2.24, 2.45) is 0 Å². The fourth-order valence-corrected chi connectivity index (χ4v) is 3.02. The van der Waals surface area contributed by atoms with E-state index >= 15 is 0 Å². The van der Waals surface area contributed by atoms with Gasteiger partial charge in [0.2, 0.25) is 0 Å². The average Bonchev–Trinajstić information content (AvgIpc) is 3.29. The summed E-state index contributed by atoms with van der Waals surface area (Å²) in [6, 6.07) is 14.1. The van der Waals surface area contributed by atoms with E-state index in [1.807, 2.05) is 13.0 Å². The summed E-state index contributed by atoms with van der Waals surface area (Å²) in [6.45, 7) is 2.22. The third-order valence-corrected chi connectivity index (χ3v) is 4.59. The van der Waals surface area contributed by atoms with Crippen LogP contribution < -0.4 is 15.4 Å². The van der Waals surface area contributed by atoms with Gasteiger partial charge in [0.05, 0.1) is 29.5 Å². The van der Waals surface area contributed by atoms with Gasteiger partial charge in [-0.3, -0.25) is 9.59 Å². The Bertz CT molecular complexity index is 1210. The normalized spacial score (nSPS) is 10.9. The molecule has 0 saturated heterocycles. The zero-order valence-electron chi connectivity index (χ0n) is 18.0. The Kier molecular flexibility index (Phi) is 7.53. The van der Waals surface area contributed by atoms with Crippen LogP contribution >= 0.6 is 0 Å². The monoisotopic (exact) mass is 471 g/mol. The number of alkyl halides is 3. The van der Waals surface area contributed by atoms with Gasteiger partial charge in [0.1, 0.15) is 5.75 Å². The number of nitrogens with zero attached hydrogens (tertiary/aromatic N) is 3. The molecule has 0 bridgehead atoms. The molecular formula is C23H20F3N5O3. The Morgan fingerprint density at radius 3 is 2.38 bits per heavy atom. The number of hydrogen-bond donors (Lipinski definition) is 2. The van der Waals surface area contributed by atoms with Gasteiger partial charge in [-0.25, -0.2) is 4.68 Å². The van der Waals surface area contributed by atoms with Gasteiger partial charge in [0, 0.05) is 24.8 Å². The molecule has 34 heavy (non-hydrogen) atoms. The molecule has 0 saturated carbocycles. The minimum absolute atomic E-state index is 0.00249. The number of rotatable bonds is 8. The van der Waals surface area contributed by atoms with Gasteiger partial charge in [-0.1, -0.05) is 6.07 Å². The van der Waals surface area contributed by atoms with E-state index in [-0.39, 0.29) is 24.3 Å². The third kappa shape index (κ3) is 5.92. The van der Waals surface area contributed by atoms with Crippen LogP contribution in [-0.4, -0.2) is 41.3 Å². The van der Waals surface area contributed by atoms with E-state index in [1.54, 1.807) is 24.3 Å². The van der Waals surface area contributed by atoms with Crippen molar-refractivity contribution in [3.8, 4) is 17.5 Å². The molecule has 3 aromatic rings. The lowest BCUT2D eigenvalue weighted by Gasteiger charge is -2.09. The lowest BCUT2D eigenvalue weighted by Crippen LogP contribution is -2.35. The Morgan fingerprint density at radius 1 is 1.09 bits per heavy atom. The second kappa shape index (κ2) is 10.5. The first-order valence-corrected chi connectivity index (χ1v) is 10.2. The molecule has 0 aliphatic rings. The van der Waals surface area contributed by atoms with Gasteiger partial charge >= 0.3 is 6.18 Å². The maximum Gasteiger partial charge on any atom is 0.435 e. The van der Waals surface area contributed by atoms with Crippen molar-refractivity contribution in [1.82, 2.24) is 20.4 Å². The molecule has 8 nitrogen and oxygen atoms in total. The second-order valence-electron chi connectivity index (χ2n) is 6.97. The maximum atomic E-state index is 13.5. The minimum Gasteiger partial charge on any atom is -0.494 e. The van der Waals surface area contributed by atoms with E-state index in [9.17, 15) is 22.8 Å². The van der Waals surface area contributed by atoms with E-state index in [0.717, 1.165) is 10.9 Å². The van der Waals surface area contributed by atoms with E-state index < -0.39 is 29.2 Å². The van der Waals surface area contributed by atoms with Crippen LogP contribution in [0.3, 0.4) is 0 Å². The van der Waals surface area contributed by atoms with E-state index in [1.165, 1.54) is 24.3 Å². The smallest absolute Gasteiger partial charge is 0.435 e. The number of amides is 2. The van der Waals surface area contributed by atoms with Crippen LogP contribution in [0.1, 0.15) is 38.9 Å². The van der Waals surface area contributed by atoms with E-state index in [0.29, 0.717) is 17.9 Å². The summed E-state index contributed by atoms with van der Waals surface area (Å²) in [6.07, 6.45) is -3.92. The van der Waals surface area contributed by atoms with E-state index in [2.05, 4.69) is 15.7 Å². The van der Waals surface area contributed by atoms with Crippen LogP contribution in [0.25, 0.3) is 5.69 Å². The fourth-order valence-electron chi connectivity index (χ4n) is 3.02. The number of ether oxygens (including phenoxy) is 1. The molecule has 0 aliphatic heterocycles. The average molecular weight is 471 g/mol. The van der Waals surface area contributed by atoms with Crippen LogP contribution in [0.15, 0.2) is 54.7 Å². The number of halogens is 3. The van der Waals surface area contributed by atoms with Gasteiger partial charge in [-0.15, -0.1) is 0 Å². The Hall–Kier alpha value is -4.33. The predicted octanol–water partition coefficient (Wildman–Crippen LogP) is 3.32. The van der Waals surface area contributed by atoms with Gasteiger partial charge in [-0.2, -0.15) is 23.5 Å². The zero-order valence-corrected chi connectivity index (χ0v) is 18.0. The third-order valence-electron chi connectivity index (χ3n) is 4.59. The first kappa shape index (κ1) is 24.3. The number of nitrogens with one attached hydrogen (secondary N) is 2. The number of carbonyl (C=O) groups excluding carboxylic acids is 2. The van der Waals surface area contributed by atoms with Crippen molar-refractivity contribution < 1.29 is 27.5 Å². The van der Waals surface area contributed by atoms with Gasteiger partial charge in [0.15, 0.2) is 5.69 Å². The lowest BCUT2D eigenvalue weighted by molar-refractivity contribution is -0.141. The Labute approximate surface area is 192 Å². The molecule has 0 spiro atoms. The van der Waals surface area contributed by atoms with Crippen molar-refractivity contribution in [2.45, 2.75) is 13.1 Å². The fraction of sp³-hybridized carbons (Fsp3) is 0.217. The summed E-state index contributed by atoms with van der Waals surface area (Å²) in [5, 5.41) is 17.4. The van der Waals surface area contributed by atoms with Crippen molar-refractivity contribution >= 4 is 11.8 Å². The molecule has 0 fully saturated rings. The Balaban J connectivity index is 1.64. The topological polar surface area (TPSA) is 109 Å². The van der Waals surface area contributed by atoms with Gasteiger partial charge in [-0.05, 0) is 49.4 Å². The SMILES string of the molecule is CCOc1ccc(C(=O)NCCNC(=O)c2cn(-c3cccc(C#N)c3)nc2C(F)(F)F)cc1. The summed E-state index contributed by atoms with van der Waals surface area (Å²) in [5.41, 5.74) is -1.23. The molecule has 0 aliphatic carbocycles. The zero-order chi connectivity index (χ0) is 24.7. The summed E-state index contributed by atoms with van der Waals surface area (Å²) < 4.78 is 46.6. The number of aromatic nitrogens is 2. The molecule has 2 aromatic carbocycles. The van der Waals surface area contributed by atoms with Crippen LogP contribution in [0, 0.1) is 11.3 Å². The molecule has 2 amide bonds. The highest BCUT2D eigenvalue weighted by Gasteiger charge is 2.39. The first-order valence-electron chi connectivity index (χ1n) is 10.2. The van der Waals surface area contributed by atoms with Crippen LogP contribution in [-0.2, 0) is 6.18 Å². The van der Waals surface area contributed by atoms with E-state index in [4.69, 9.17) is 10.00 Å². The molecule has 0 unspecified atom stereocenters. The standard InChI is InChI=1S/C23H20F3N5O3/c1-2-34-18-8-6-16(7-9-18)21(32)28-10-11-29-22(33)19-14-31(30-20(19)23(24,25)26)17-5-3-4-15(12-17)13-27/h3-9,12,14H,2,10-11H2,1H3,(H,28,32)(H,29,33). The largest absolute Gasteiger partial charge is 0.494 e. The number of hydrogen-bond acceptors (Lipinski definition) is 5. The van der Waals surface area contributed by atoms with Crippen LogP contribution in [0.2, 0.25) is 0 Å². The molecule has 2 N–H and O–H groups in total. The molecular weight excluding hydrogens is 451 g/mol. The second-order valence-corrected chi connectivity index (χ2v) is 6.97. The van der Waals surface area contributed by atoms with Crippen molar-refractivity contribution in [3.05, 3.63) is 77.1 Å². The van der Waals surface area contributed by atoms with Crippen molar-refractivity contribution in [1.29, 1.82) is 5.26 Å². The molecule has 3 rings (SSSR count). The molecule has 176 valence electrons. The molecule has 1 aromatic heterocycles. The first-order chi connectivity index (χ1) is 16.2. The van der Waals surface area contributed by atoms with Crippen molar-refractivity contribution in [2.75, 3.05) is 19.7 Å². The maximum absolute atomic E-state index is 13.5. The minimum atomic E-state index is -4.87. The highest BCUT2D eigenvalue weighted by atomic mass is 19.4. The molecule has 0 radical (unpaired) electrons. The number of benzene rings is 2. The summed E-state index contributed by atoms with van der Waals surface area (Å²) in [5.74, 6) is -0.782. The predicted molar refractivity (Wildman–Crippen MR) is 116 cm³/mol. The molecule has 11 heteroatoms. The summed E-state index contributed by atoms with van der Waals surface area (Å²) >= 11 is 0. The van der Waals surface area contributed by atoms with Gasteiger partial charge in [0.25, 0.3) is 11.8 Å². The van der Waals surface area contributed by atoms with Crippen LogP contribution in [0.4, 0.5) is 13.2 Å². The number of carbonyl (C=O) groups is 2. The highest BCUT2D eigenvalue weighted by molar-refractivity contribution is 5.96. The van der Waals surface area contributed by atoms with Crippen LogP contribution in [0.5, 0.6) is 5.75 Å². The number of nitriles is 1. The summed E-state index contributed by atoms with van der Waals surface area (Å²) in [7, 11) is 0.